The van der Waals surface area contributed by atoms with Crippen LogP contribution in [0, 0.1) is 10.1 Å². The number of nitro benzene ring substituents is 1. The summed E-state index contributed by atoms with van der Waals surface area (Å²) in [5.74, 6) is -1.01. The van der Waals surface area contributed by atoms with E-state index in [0.29, 0.717) is 17.1 Å². The van der Waals surface area contributed by atoms with Crippen molar-refractivity contribution >= 4 is 44.8 Å². The quantitative estimate of drug-likeness (QED) is 0.0944. The van der Waals surface area contributed by atoms with Gasteiger partial charge in [0.15, 0.2) is 0 Å². The molecule has 0 unspecified atom stereocenters. The highest BCUT2D eigenvalue weighted by Crippen LogP contribution is 2.27. The van der Waals surface area contributed by atoms with E-state index in [1.54, 1.807) is 42.5 Å². The zero-order valence-electron chi connectivity index (χ0n) is 25.3. The molecule has 0 aliphatic carbocycles. The Morgan fingerprint density at radius 2 is 1.48 bits per heavy atom. The van der Waals surface area contributed by atoms with Crippen LogP contribution in [0.2, 0.25) is 5.02 Å². The SMILES string of the molecule is CCCCNC(=O)[C@@H](Cc1ccccc1)N(Cc1ccc(Cl)cc1)C(=O)CN(c1ccc([N+](=O)[O-])cc1)S(=O)(=O)c1ccccc1. The molecule has 0 aliphatic heterocycles. The number of halogens is 1. The number of sulfonamides is 1. The fourth-order valence-electron chi connectivity index (χ4n) is 4.84. The van der Waals surface area contributed by atoms with Crippen LogP contribution in [0.3, 0.4) is 0 Å². The highest BCUT2D eigenvalue weighted by Gasteiger charge is 2.34. The summed E-state index contributed by atoms with van der Waals surface area (Å²) in [5, 5.41) is 14.8. The zero-order chi connectivity index (χ0) is 33.1. The monoisotopic (exact) mass is 662 g/mol. The molecule has 10 nitrogen and oxygen atoms in total. The van der Waals surface area contributed by atoms with Crippen molar-refractivity contribution in [3.05, 3.63) is 135 Å². The molecule has 0 fully saturated rings. The Morgan fingerprint density at radius 1 is 0.870 bits per heavy atom. The summed E-state index contributed by atoms with van der Waals surface area (Å²) in [6.45, 7) is 1.75. The molecule has 0 saturated carbocycles. The first kappa shape index (κ1) is 34.1. The minimum absolute atomic E-state index is 0.00577. The molecular formula is C34H35ClN4O6S. The average molecular weight is 663 g/mol. The molecule has 0 aromatic heterocycles. The number of hydrogen-bond donors (Lipinski definition) is 1. The summed E-state index contributed by atoms with van der Waals surface area (Å²) >= 11 is 6.12. The van der Waals surface area contributed by atoms with Gasteiger partial charge in [-0.05, 0) is 53.9 Å². The van der Waals surface area contributed by atoms with Gasteiger partial charge in [0, 0.05) is 36.7 Å². The van der Waals surface area contributed by atoms with E-state index in [9.17, 15) is 28.1 Å². The van der Waals surface area contributed by atoms with Crippen molar-refractivity contribution < 1.29 is 22.9 Å². The number of unbranched alkanes of at least 4 members (excludes halogenated alkanes) is 1. The van der Waals surface area contributed by atoms with Crippen molar-refractivity contribution in [1.29, 1.82) is 0 Å². The molecule has 2 amide bonds. The maximum absolute atomic E-state index is 14.4. The Bertz CT molecular complexity index is 1720. The van der Waals surface area contributed by atoms with Gasteiger partial charge < -0.3 is 10.2 Å². The molecule has 4 aromatic rings. The average Bonchev–Trinajstić information content (AvgIpc) is 3.07. The fraction of sp³-hybridized carbons (Fsp3) is 0.235. The second-order valence-corrected chi connectivity index (χ2v) is 12.9. The molecule has 4 aromatic carbocycles. The van der Waals surface area contributed by atoms with Crippen LogP contribution < -0.4 is 9.62 Å². The van der Waals surface area contributed by atoms with Crippen molar-refractivity contribution in [1.82, 2.24) is 10.2 Å². The van der Waals surface area contributed by atoms with Crippen LogP contribution in [0.4, 0.5) is 11.4 Å². The molecule has 4 rings (SSSR count). The summed E-state index contributed by atoms with van der Waals surface area (Å²) in [4.78, 5) is 40.2. The molecule has 0 saturated heterocycles. The molecule has 1 N–H and O–H groups in total. The van der Waals surface area contributed by atoms with Crippen LogP contribution in [0.15, 0.2) is 114 Å². The zero-order valence-corrected chi connectivity index (χ0v) is 26.9. The Labute approximate surface area is 273 Å². The molecule has 0 radical (unpaired) electrons. The van der Waals surface area contributed by atoms with E-state index in [1.807, 2.05) is 37.3 Å². The number of benzene rings is 4. The predicted molar refractivity (Wildman–Crippen MR) is 178 cm³/mol. The van der Waals surface area contributed by atoms with Gasteiger partial charge in [0.05, 0.1) is 15.5 Å². The van der Waals surface area contributed by atoms with Gasteiger partial charge in [0.25, 0.3) is 15.7 Å². The van der Waals surface area contributed by atoms with E-state index in [0.717, 1.165) is 22.7 Å². The molecule has 0 bridgehead atoms. The highest BCUT2D eigenvalue weighted by molar-refractivity contribution is 7.92. The second kappa shape index (κ2) is 16.0. The molecule has 0 spiro atoms. The van der Waals surface area contributed by atoms with E-state index in [-0.39, 0.29) is 35.1 Å². The maximum atomic E-state index is 14.4. The van der Waals surface area contributed by atoms with Crippen molar-refractivity contribution in [3.8, 4) is 0 Å². The van der Waals surface area contributed by atoms with Gasteiger partial charge in [-0.1, -0.05) is 85.6 Å². The first-order valence-electron chi connectivity index (χ1n) is 14.8. The fourth-order valence-corrected chi connectivity index (χ4v) is 6.40. The minimum atomic E-state index is -4.32. The van der Waals surface area contributed by atoms with Gasteiger partial charge in [-0.15, -0.1) is 0 Å². The number of carbonyl (C=O) groups is 2. The number of nitrogens with one attached hydrogen (secondary N) is 1. The van der Waals surface area contributed by atoms with Crippen LogP contribution in [0.25, 0.3) is 0 Å². The highest BCUT2D eigenvalue weighted by atomic mass is 35.5. The van der Waals surface area contributed by atoms with Gasteiger partial charge in [-0.3, -0.25) is 24.0 Å². The van der Waals surface area contributed by atoms with Gasteiger partial charge in [0.1, 0.15) is 12.6 Å². The summed E-state index contributed by atoms with van der Waals surface area (Å²) in [6.07, 6.45) is 1.79. The number of carbonyl (C=O) groups excluding carboxylic acids is 2. The lowest BCUT2D eigenvalue weighted by atomic mass is 10.0. The number of hydrogen-bond acceptors (Lipinski definition) is 6. The third-order valence-corrected chi connectivity index (χ3v) is 9.37. The van der Waals surface area contributed by atoms with E-state index < -0.39 is 33.4 Å². The molecule has 1 atom stereocenters. The van der Waals surface area contributed by atoms with E-state index in [2.05, 4.69) is 5.32 Å². The number of amides is 2. The third-order valence-electron chi connectivity index (χ3n) is 7.33. The molecule has 46 heavy (non-hydrogen) atoms. The van der Waals surface area contributed by atoms with Crippen LogP contribution in [-0.2, 0) is 32.6 Å². The van der Waals surface area contributed by atoms with Gasteiger partial charge in [0.2, 0.25) is 11.8 Å². The number of nitro groups is 1. The normalized spacial score (nSPS) is 11.8. The Morgan fingerprint density at radius 3 is 2.07 bits per heavy atom. The minimum Gasteiger partial charge on any atom is -0.354 e. The number of nitrogens with zero attached hydrogens (tertiary/aromatic N) is 3. The molecule has 0 aliphatic rings. The van der Waals surface area contributed by atoms with Crippen molar-refractivity contribution in [3.63, 3.8) is 0 Å². The maximum Gasteiger partial charge on any atom is 0.269 e. The summed E-state index contributed by atoms with van der Waals surface area (Å²) in [5.41, 5.74) is 1.32. The standard InChI is InChI=1S/C34H35ClN4O6S/c1-2-3-22-36-34(41)32(23-26-10-6-4-7-11-26)37(24-27-14-16-28(35)17-15-27)33(40)25-38(29-18-20-30(21-19-29)39(42)43)46(44,45)31-12-8-5-9-13-31/h4-21,32H,2-3,22-25H2,1H3,(H,36,41)/t32-/m1/s1. The Kier molecular flexibility index (Phi) is 11.9. The van der Waals surface area contributed by atoms with Gasteiger partial charge in [-0.2, -0.15) is 0 Å². The Balaban J connectivity index is 1.79. The van der Waals surface area contributed by atoms with Crippen LogP contribution in [0.5, 0.6) is 0 Å². The number of anilines is 1. The predicted octanol–water partition coefficient (Wildman–Crippen LogP) is 6.00. The number of rotatable bonds is 15. The van der Waals surface area contributed by atoms with Gasteiger partial charge >= 0.3 is 0 Å². The molecule has 12 heteroatoms. The molecular weight excluding hydrogens is 628 g/mol. The topological polar surface area (TPSA) is 130 Å². The van der Waals surface area contributed by atoms with E-state index in [1.165, 1.54) is 41.3 Å². The second-order valence-electron chi connectivity index (χ2n) is 10.6. The summed E-state index contributed by atoms with van der Waals surface area (Å²) in [6, 6.07) is 27.6. The lowest BCUT2D eigenvalue weighted by Gasteiger charge is -2.34. The first-order valence-corrected chi connectivity index (χ1v) is 16.6. The summed E-state index contributed by atoms with van der Waals surface area (Å²) in [7, 11) is -4.32. The van der Waals surface area contributed by atoms with Crippen molar-refractivity contribution in [2.24, 2.45) is 0 Å². The first-order chi connectivity index (χ1) is 22.1. The van der Waals surface area contributed by atoms with E-state index >= 15 is 0 Å². The van der Waals surface area contributed by atoms with Gasteiger partial charge in [-0.25, -0.2) is 8.42 Å². The molecule has 0 heterocycles. The third kappa shape index (κ3) is 8.92. The van der Waals surface area contributed by atoms with Crippen LogP contribution in [-0.4, -0.2) is 49.2 Å². The Hall–Kier alpha value is -4.74. The van der Waals surface area contributed by atoms with E-state index in [4.69, 9.17) is 11.6 Å². The largest absolute Gasteiger partial charge is 0.354 e. The van der Waals surface area contributed by atoms with Crippen LogP contribution in [0.1, 0.15) is 30.9 Å². The lowest BCUT2D eigenvalue weighted by Crippen LogP contribution is -2.53. The van der Waals surface area contributed by atoms with Crippen molar-refractivity contribution in [2.45, 2.75) is 43.7 Å². The van der Waals surface area contributed by atoms with Crippen LogP contribution >= 0.6 is 11.6 Å². The number of non-ortho nitro benzene ring substituents is 1. The molecule has 240 valence electrons. The van der Waals surface area contributed by atoms with Crippen molar-refractivity contribution in [2.75, 3.05) is 17.4 Å². The smallest absolute Gasteiger partial charge is 0.269 e. The summed E-state index contributed by atoms with van der Waals surface area (Å²) < 4.78 is 28.9. The lowest BCUT2D eigenvalue weighted by molar-refractivity contribution is -0.384.